The molecule has 1 aliphatic heterocycles. The lowest BCUT2D eigenvalue weighted by molar-refractivity contribution is -0.149. The van der Waals surface area contributed by atoms with Crippen molar-refractivity contribution in [3.63, 3.8) is 0 Å². The molecule has 1 aliphatic rings. The van der Waals surface area contributed by atoms with Gasteiger partial charge in [0.25, 0.3) is 0 Å². The largest absolute Gasteiger partial charge is 0.456 e. The van der Waals surface area contributed by atoms with E-state index in [1.165, 1.54) is 13.8 Å². The number of nitrogens with zero attached hydrogens (tertiary/aromatic N) is 2. The Hall–Kier alpha value is -2.70. The molecule has 0 aliphatic carbocycles. The first-order chi connectivity index (χ1) is 14.5. The average molecular weight is 411 g/mol. The van der Waals surface area contributed by atoms with Crippen molar-refractivity contribution in [2.24, 2.45) is 0 Å². The van der Waals surface area contributed by atoms with Gasteiger partial charge in [-0.05, 0) is 11.1 Å². The van der Waals surface area contributed by atoms with Crippen LogP contribution in [0.25, 0.3) is 0 Å². The summed E-state index contributed by atoms with van der Waals surface area (Å²) in [6.45, 7) is 7.71. The predicted molar refractivity (Wildman–Crippen MR) is 115 cm³/mol. The van der Waals surface area contributed by atoms with Gasteiger partial charge in [-0.3, -0.25) is 19.4 Å². The van der Waals surface area contributed by atoms with Crippen molar-refractivity contribution < 1.29 is 19.1 Å². The van der Waals surface area contributed by atoms with Gasteiger partial charge in [0.1, 0.15) is 12.2 Å². The van der Waals surface area contributed by atoms with Crippen LogP contribution in [0, 0.1) is 0 Å². The summed E-state index contributed by atoms with van der Waals surface area (Å²) in [5, 5.41) is 0. The summed E-state index contributed by atoms with van der Waals surface area (Å²) in [6.07, 6.45) is -0.540. The minimum atomic E-state index is -0.270. The minimum Gasteiger partial charge on any atom is -0.456 e. The Morgan fingerprint density at radius 2 is 1.03 bits per heavy atom. The molecule has 1 saturated heterocycles. The maximum atomic E-state index is 11.6. The predicted octanol–water partition coefficient (Wildman–Crippen LogP) is 3.21. The Balaban J connectivity index is 1.56. The molecule has 6 heteroatoms. The zero-order valence-electron chi connectivity index (χ0n) is 17.7. The fourth-order valence-corrected chi connectivity index (χ4v) is 3.78. The maximum Gasteiger partial charge on any atom is 0.303 e. The van der Waals surface area contributed by atoms with Crippen molar-refractivity contribution >= 4 is 11.9 Å². The van der Waals surface area contributed by atoms with Crippen molar-refractivity contribution in [2.45, 2.75) is 26.1 Å². The lowest BCUT2D eigenvalue weighted by atomic mass is 10.1. The highest BCUT2D eigenvalue weighted by molar-refractivity contribution is 5.66. The molecular formula is C24H30N2O4. The third-order valence-electron chi connectivity index (χ3n) is 5.27. The molecule has 0 N–H and O–H groups in total. The highest BCUT2D eigenvalue weighted by Gasteiger charge is 2.25. The zero-order valence-corrected chi connectivity index (χ0v) is 17.7. The molecule has 0 spiro atoms. The smallest absolute Gasteiger partial charge is 0.303 e. The van der Waals surface area contributed by atoms with Crippen LogP contribution in [0.1, 0.15) is 37.2 Å². The Morgan fingerprint density at radius 1 is 0.700 bits per heavy atom. The van der Waals surface area contributed by atoms with Gasteiger partial charge in [-0.2, -0.15) is 0 Å². The van der Waals surface area contributed by atoms with E-state index in [9.17, 15) is 9.59 Å². The monoisotopic (exact) mass is 410 g/mol. The Bertz CT molecular complexity index is 735. The third kappa shape index (κ3) is 6.68. The molecule has 160 valence electrons. The Labute approximate surface area is 178 Å². The number of esters is 2. The Morgan fingerprint density at radius 3 is 1.33 bits per heavy atom. The first-order valence-corrected chi connectivity index (χ1v) is 10.4. The summed E-state index contributed by atoms with van der Waals surface area (Å²) >= 11 is 0. The number of ether oxygens (including phenoxy) is 2. The first-order valence-electron chi connectivity index (χ1n) is 10.4. The number of rotatable bonds is 8. The normalized spacial score (nSPS) is 17.1. The van der Waals surface area contributed by atoms with Gasteiger partial charge in [-0.25, -0.2) is 0 Å². The summed E-state index contributed by atoms with van der Waals surface area (Å²) in [4.78, 5) is 27.8. The van der Waals surface area contributed by atoms with Crippen LogP contribution in [0.2, 0.25) is 0 Å². The van der Waals surface area contributed by atoms with Crippen LogP contribution in [0.3, 0.4) is 0 Å². The molecule has 0 amide bonds. The molecule has 2 aromatic rings. The fraction of sp³-hybridized carbons (Fsp3) is 0.417. The maximum absolute atomic E-state index is 11.6. The van der Waals surface area contributed by atoms with Crippen LogP contribution in [-0.2, 0) is 19.1 Å². The van der Waals surface area contributed by atoms with Crippen molar-refractivity contribution in [3.05, 3.63) is 71.8 Å². The van der Waals surface area contributed by atoms with Gasteiger partial charge in [0.15, 0.2) is 0 Å². The van der Waals surface area contributed by atoms with Gasteiger partial charge >= 0.3 is 11.9 Å². The quantitative estimate of drug-likeness (QED) is 0.623. The van der Waals surface area contributed by atoms with Gasteiger partial charge in [0.05, 0.1) is 0 Å². The summed E-state index contributed by atoms with van der Waals surface area (Å²) in [5.74, 6) is -0.538. The number of hydrogen-bond donors (Lipinski definition) is 0. The van der Waals surface area contributed by atoms with E-state index in [1.54, 1.807) is 0 Å². The van der Waals surface area contributed by atoms with Crippen LogP contribution < -0.4 is 0 Å². The second-order valence-corrected chi connectivity index (χ2v) is 7.62. The minimum absolute atomic E-state index is 0.269. The van der Waals surface area contributed by atoms with Gasteiger partial charge in [0, 0.05) is 53.1 Å². The van der Waals surface area contributed by atoms with Crippen LogP contribution in [0.5, 0.6) is 0 Å². The van der Waals surface area contributed by atoms with E-state index in [1.807, 2.05) is 60.7 Å². The second-order valence-electron chi connectivity index (χ2n) is 7.62. The molecule has 0 unspecified atom stereocenters. The van der Waals surface area contributed by atoms with Gasteiger partial charge in [0.2, 0.25) is 0 Å². The van der Waals surface area contributed by atoms with E-state index in [-0.39, 0.29) is 24.1 Å². The summed E-state index contributed by atoms with van der Waals surface area (Å²) < 4.78 is 11.2. The molecule has 30 heavy (non-hydrogen) atoms. The van der Waals surface area contributed by atoms with E-state index in [0.29, 0.717) is 13.1 Å². The van der Waals surface area contributed by atoms with Crippen LogP contribution in [0.15, 0.2) is 60.7 Å². The van der Waals surface area contributed by atoms with E-state index >= 15 is 0 Å². The topological polar surface area (TPSA) is 59.1 Å². The van der Waals surface area contributed by atoms with E-state index < -0.39 is 0 Å². The standard InChI is InChI=1S/C24H30N2O4/c1-19(27)29-23(21-9-5-3-6-10-21)17-25-13-15-26(16-14-25)18-24(30-20(2)28)22-11-7-4-8-12-22/h3-12,23-24H,13-18H2,1-2H3/t23-,24-/m0/s1. The molecule has 0 aromatic heterocycles. The van der Waals surface area contributed by atoms with E-state index in [4.69, 9.17) is 9.47 Å². The summed E-state index contributed by atoms with van der Waals surface area (Å²) in [7, 11) is 0. The van der Waals surface area contributed by atoms with Crippen molar-refractivity contribution in [1.29, 1.82) is 0 Å². The first kappa shape index (κ1) is 22.0. The van der Waals surface area contributed by atoms with Gasteiger partial charge in [-0.15, -0.1) is 0 Å². The lowest BCUT2D eigenvalue weighted by Gasteiger charge is -2.37. The number of carbonyl (C=O) groups is 2. The van der Waals surface area contributed by atoms with E-state index in [0.717, 1.165) is 37.3 Å². The van der Waals surface area contributed by atoms with Gasteiger partial charge in [-0.1, -0.05) is 60.7 Å². The molecule has 2 aromatic carbocycles. The lowest BCUT2D eigenvalue weighted by Crippen LogP contribution is -2.49. The molecular weight excluding hydrogens is 380 g/mol. The highest BCUT2D eigenvalue weighted by Crippen LogP contribution is 2.22. The molecule has 0 saturated carbocycles. The third-order valence-corrected chi connectivity index (χ3v) is 5.27. The zero-order chi connectivity index (χ0) is 21.3. The molecule has 0 radical (unpaired) electrons. The van der Waals surface area contributed by atoms with Crippen LogP contribution >= 0.6 is 0 Å². The SMILES string of the molecule is CC(=O)O[C@@H](CN1CCN(C[C@H](OC(C)=O)c2ccccc2)CC1)c1ccccc1. The number of carbonyl (C=O) groups excluding carboxylic acids is 2. The van der Waals surface area contributed by atoms with Gasteiger partial charge < -0.3 is 9.47 Å². The average Bonchev–Trinajstić information content (AvgIpc) is 2.75. The van der Waals surface area contributed by atoms with Crippen LogP contribution in [0.4, 0.5) is 0 Å². The van der Waals surface area contributed by atoms with E-state index in [2.05, 4.69) is 9.80 Å². The van der Waals surface area contributed by atoms with Crippen LogP contribution in [-0.4, -0.2) is 61.0 Å². The number of piperazine rings is 1. The molecule has 1 heterocycles. The fourth-order valence-electron chi connectivity index (χ4n) is 3.78. The molecule has 2 atom stereocenters. The second kappa shape index (κ2) is 10.9. The van der Waals surface area contributed by atoms with Crippen molar-refractivity contribution in [1.82, 2.24) is 9.80 Å². The number of benzene rings is 2. The molecule has 6 nitrogen and oxygen atoms in total. The van der Waals surface area contributed by atoms with Crippen molar-refractivity contribution in [3.8, 4) is 0 Å². The molecule has 1 fully saturated rings. The molecule has 3 rings (SSSR count). The Kier molecular flexibility index (Phi) is 7.99. The van der Waals surface area contributed by atoms with Crippen molar-refractivity contribution in [2.75, 3.05) is 39.3 Å². The number of hydrogen-bond acceptors (Lipinski definition) is 6. The summed E-state index contributed by atoms with van der Waals surface area (Å²) in [5.41, 5.74) is 2.02. The summed E-state index contributed by atoms with van der Waals surface area (Å²) in [6, 6.07) is 19.7. The highest BCUT2D eigenvalue weighted by atomic mass is 16.5. The molecule has 0 bridgehead atoms.